The molecule has 0 bridgehead atoms. The second kappa shape index (κ2) is 4.16. The fourth-order valence-electron chi connectivity index (χ4n) is 2.21. The Morgan fingerprint density at radius 3 is 3.05 bits per heavy atom. The van der Waals surface area contributed by atoms with Gasteiger partial charge in [-0.05, 0) is 18.6 Å². The summed E-state index contributed by atoms with van der Waals surface area (Å²) >= 11 is 0. The molecule has 0 saturated carbocycles. The lowest BCUT2D eigenvalue weighted by Gasteiger charge is -1.92. The maximum atomic E-state index is 5.33. The average molecular weight is 268 g/mol. The Morgan fingerprint density at radius 2 is 2.25 bits per heavy atom. The predicted molar refractivity (Wildman–Crippen MR) is 72.1 cm³/mol. The van der Waals surface area contributed by atoms with Gasteiger partial charge in [0.1, 0.15) is 6.33 Å². The largest absolute Gasteiger partial charge is 0.461 e. The van der Waals surface area contributed by atoms with Gasteiger partial charge < -0.3 is 4.42 Å². The van der Waals surface area contributed by atoms with Gasteiger partial charge in [-0.3, -0.25) is 4.68 Å². The van der Waals surface area contributed by atoms with Gasteiger partial charge in [-0.2, -0.15) is 5.10 Å². The Kier molecular flexibility index (Phi) is 2.32. The molecule has 0 aromatic carbocycles. The zero-order valence-corrected chi connectivity index (χ0v) is 10.9. The van der Waals surface area contributed by atoms with Gasteiger partial charge in [0, 0.05) is 12.7 Å². The fourth-order valence-corrected chi connectivity index (χ4v) is 2.21. The first-order chi connectivity index (χ1) is 9.85. The lowest BCUT2D eigenvalue weighted by atomic mass is 10.4. The smallest absolute Gasteiger partial charge is 0.217 e. The highest BCUT2D eigenvalue weighted by Gasteiger charge is 2.13. The first kappa shape index (κ1) is 11.2. The van der Waals surface area contributed by atoms with Gasteiger partial charge in [-0.25, -0.2) is 14.5 Å². The highest BCUT2D eigenvalue weighted by atomic mass is 16.3. The fraction of sp³-hybridized carbons (Fsp3) is 0.231. The molecule has 7 nitrogen and oxygen atoms in total. The van der Waals surface area contributed by atoms with E-state index < -0.39 is 0 Å². The van der Waals surface area contributed by atoms with Gasteiger partial charge in [0.05, 0.1) is 11.6 Å². The molecule has 4 aromatic heterocycles. The second-order valence-corrected chi connectivity index (χ2v) is 4.55. The molecule has 0 aliphatic heterocycles. The molecule has 4 rings (SSSR count). The SMILES string of the molecule is CCCn1cc2c(ncn3nc(-c4ccco4)nc23)n1. The van der Waals surface area contributed by atoms with Crippen LogP contribution in [0.2, 0.25) is 0 Å². The van der Waals surface area contributed by atoms with Crippen LogP contribution in [0.15, 0.2) is 35.3 Å². The number of aryl methyl sites for hydroxylation is 1. The molecule has 100 valence electrons. The summed E-state index contributed by atoms with van der Waals surface area (Å²) in [6, 6.07) is 3.65. The lowest BCUT2D eigenvalue weighted by Crippen LogP contribution is -1.96. The van der Waals surface area contributed by atoms with Crippen molar-refractivity contribution in [2.45, 2.75) is 19.9 Å². The minimum atomic E-state index is 0.549. The van der Waals surface area contributed by atoms with E-state index in [4.69, 9.17) is 4.42 Å². The van der Waals surface area contributed by atoms with Gasteiger partial charge in [-0.15, -0.1) is 5.10 Å². The Hall–Kier alpha value is -2.70. The summed E-state index contributed by atoms with van der Waals surface area (Å²) in [5.41, 5.74) is 1.42. The lowest BCUT2D eigenvalue weighted by molar-refractivity contribution is 0.577. The summed E-state index contributed by atoms with van der Waals surface area (Å²) in [4.78, 5) is 8.83. The van der Waals surface area contributed by atoms with E-state index in [1.54, 1.807) is 17.1 Å². The van der Waals surface area contributed by atoms with Gasteiger partial charge in [-0.1, -0.05) is 6.92 Å². The van der Waals surface area contributed by atoms with E-state index in [2.05, 4.69) is 27.1 Å². The number of rotatable bonds is 3. The first-order valence-electron chi connectivity index (χ1n) is 6.47. The summed E-state index contributed by atoms with van der Waals surface area (Å²) in [6.45, 7) is 2.98. The number of nitrogens with zero attached hydrogens (tertiary/aromatic N) is 6. The normalized spacial score (nSPS) is 11.7. The van der Waals surface area contributed by atoms with Crippen molar-refractivity contribution in [2.75, 3.05) is 0 Å². The molecule has 0 unspecified atom stereocenters. The molecule has 20 heavy (non-hydrogen) atoms. The third-order valence-corrected chi connectivity index (χ3v) is 3.10. The van der Waals surface area contributed by atoms with E-state index >= 15 is 0 Å². The number of furan rings is 1. The van der Waals surface area contributed by atoms with E-state index in [1.807, 2.05) is 23.0 Å². The van der Waals surface area contributed by atoms with Crippen LogP contribution in [0.4, 0.5) is 0 Å². The molecule has 4 aromatic rings. The minimum Gasteiger partial charge on any atom is -0.461 e. The number of aromatic nitrogens is 6. The molecule has 0 atom stereocenters. The third kappa shape index (κ3) is 1.59. The molecule has 0 amide bonds. The van der Waals surface area contributed by atoms with Crippen LogP contribution in [0, 0.1) is 0 Å². The van der Waals surface area contributed by atoms with Crippen LogP contribution >= 0.6 is 0 Å². The quantitative estimate of drug-likeness (QED) is 0.569. The zero-order chi connectivity index (χ0) is 13.5. The standard InChI is InChI=1S/C13H12N6O/c1-2-5-18-7-9-11(16-18)14-8-19-13(9)15-12(17-19)10-4-3-6-20-10/h3-4,6-8H,2,5H2,1H3. The van der Waals surface area contributed by atoms with Crippen molar-refractivity contribution in [3.8, 4) is 11.6 Å². The topological polar surface area (TPSA) is 74.0 Å². The Balaban J connectivity index is 1.94. The van der Waals surface area contributed by atoms with Crippen molar-refractivity contribution in [1.82, 2.24) is 29.4 Å². The first-order valence-corrected chi connectivity index (χ1v) is 6.47. The number of hydrogen-bond donors (Lipinski definition) is 0. The molecule has 0 saturated heterocycles. The van der Waals surface area contributed by atoms with Crippen molar-refractivity contribution in [1.29, 1.82) is 0 Å². The molecule has 4 heterocycles. The molecule has 0 fully saturated rings. The van der Waals surface area contributed by atoms with Crippen molar-refractivity contribution in [3.63, 3.8) is 0 Å². The van der Waals surface area contributed by atoms with Gasteiger partial charge in [0.25, 0.3) is 0 Å². The van der Waals surface area contributed by atoms with Crippen LogP contribution in [-0.2, 0) is 6.54 Å². The highest BCUT2D eigenvalue weighted by molar-refractivity contribution is 5.88. The molecular formula is C13H12N6O. The van der Waals surface area contributed by atoms with Crippen LogP contribution in [0.25, 0.3) is 28.3 Å². The molecule has 0 N–H and O–H groups in total. The summed E-state index contributed by atoms with van der Waals surface area (Å²) in [5.74, 6) is 1.19. The Morgan fingerprint density at radius 1 is 1.30 bits per heavy atom. The van der Waals surface area contributed by atoms with E-state index in [9.17, 15) is 0 Å². The van der Waals surface area contributed by atoms with Gasteiger partial charge in [0.15, 0.2) is 17.1 Å². The molecule has 0 spiro atoms. The molecular weight excluding hydrogens is 256 g/mol. The molecule has 7 heteroatoms. The van der Waals surface area contributed by atoms with Crippen LogP contribution in [-0.4, -0.2) is 29.4 Å². The van der Waals surface area contributed by atoms with Crippen molar-refractivity contribution in [3.05, 3.63) is 30.9 Å². The zero-order valence-electron chi connectivity index (χ0n) is 10.9. The minimum absolute atomic E-state index is 0.549. The van der Waals surface area contributed by atoms with E-state index in [-0.39, 0.29) is 0 Å². The second-order valence-electron chi connectivity index (χ2n) is 4.55. The van der Waals surface area contributed by atoms with E-state index in [0.717, 1.165) is 24.0 Å². The number of fused-ring (bicyclic) bond motifs is 3. The summed E-state index contributed by atoms with van der Waals surface area (Å²) < 4.78 is 8.86. The van der Waals surface area contributed by atoms with Crippen molar-refractivity contribution < 1.29 is 4.42 Å². The van der Waals surface area contributed by atoms with Crippen molar-refractivity contribution in [2.24, 2.45) is 0 Å². The predicted octanol–water partition coefficient (Wildman–Crippen LogP) is 2.14. The third-order valence-electron chi connectivity index (χ3n) is 3.10. The molecule has 0 radical (unpaired) electrons. The summed E-state index contributed by atoms with van der Waals surface area (Å²) in [5, 5.41) is 9.69. The maximum Gasteiger partial charge on any atom is 0.217 e. The van der Waals surface area contributed by atoms with E-state index in [0.29, 0.717) is 17.2 Å². The Labute approximate surface area is 113 Å². The summed E-state index contributed by atoms with van der Waals surface area (Å²) in [6.07, 6.45) is 6.21. The van der Waals surface area contributed by atoms with Crippen LogP contribution in [0.5, 0.6) is 0 Å². The van der Waals surface area contributed by atoms with Crippen LogP contribution < -0.4 is 0 Å². The van der Waals surface area contributed by atoms with Gasteiger partial charge >= 0.3 is 0 Å². The maximum absolute atomic E-state index is 5.33. The van der Waals surface area contributed by atoms with Gasteiger partial charge in [0.2, 0.25) is 5.82 Å². The molecule has 0 aliphatic rings. The van der Waals surface area contributed by atoms with Crippen LogP contribution in [0.1, 0.15) is 13.3 Å². The Bertz CT molecular complexity index is 873. The molecule has 0 aliphatic carbocycles. The average Bonchev–Trinajstić information content (AvgIpc) is 3.16. The van der Waals surface area contributed by atoms with Crippen LogP contribution in [0.3, 0.4) is 0 Å². The highest BCUT2D eigenvalue weighted by Crippen LogP contribution is 2.20. The van der Waals surface area contributed by atoms with Crippen molar-refractivity contribution >= 4 is 16.7 Å². The number of hydrogen-bond acceptors (Lipinski definition) is 5. The van der Waals surface area contributed by atoms with E-state index in [1.165, 1.54) is 0 Å². The summed E-state index contributed by atoms with van der Waals surface area (Å²) in [7, 11) is 0. The monoisotopic (exact) mass is 268 g/mol.